The minimum Gasteiger partial charge on any atom is -0.493 e. The molecule has 0 atom stereocenters. The molecule has 0 aliphatic heterocycles. The number of rotatable bonds is 8. The van der Waals surface area contributed by atoms with Crippen LogP contribution in [0.3, 0.4) is 0 Å². The topological polar surface area (TPSA) is 81.4 Å². The average molecular weight is 513 g/mol. The first-order valence-corrected chi connectivity index (χ1v) is 11.5. The van der Waals surface area contributed by atoms with E-state index in [1.54, 1.807) is 27.2 Å². The maximum Gasteiger partial charge on any atom is 0.316 e. The number of thioether (sulfide) groups is 1. The summed E-state index contributed by atoms with van der Waals surface area (Å²) < 4.78 is 16.8. The molecule has 3 aromatic rings. The predicted octanol–water partition coefficient (Wildman–Crippen LogP) is 5.72. The van der Waals surface area contributed by atoms with Gasteiger partial charge in [-0.15, -0.1) is 0 Å². The smallest absolute Gasteiger partial charge is 0.316 e. The monoisotopic (exact) mass is 512 g/mol. The quantitative estimate of drug-likeness (QED) is 0.281. The third-order valence-electron chi connectivity index (χ3n) is 4.56. The third-order valence-corrected chi connectivity index (χ3v) is 6.04. The third kappa shape index (κ3) is 5.42. The summed E-state index contributed by atoms with van der Waals surface area (Å²) >= 11 is 4.63. The highest BCUT2D eigenvalue weighted by Crippen LogP contribution is 2.38. The van der Waals surface area contributed by atoms with Crippen molar-refractivity contribution >= 4 is 33.7 Å². The van der Waals surface area contributed by atoms with E-state index in [9.17, 15) is 10.1 Å². The molecule has 1 heterocycles. The zero-order valence-corrected chi connectivity index (χ0v) is 20.2. The molecule has 0 bridgehead atoms. The first kappa shape index (κ1) is 23.6. The van der Waals surface area contributed by atoms with Crippen LogP contribution in [0.2, 0.25) is 0 Å². The van der Waals surface area contributed by atoms with Gasteiger partial charge in [0.2, 0.25) is 0 Å². The molecule has 0 aliphatic carbocycles. The number of hydrogen-bond donors (Lipinski definition) is 0. The predicted molar refractivity (Wildman–Crippen MR) is 128 cm³/mol. The Morgan fingerprint density at radius 3 is 2.38 bits per heavy atom. The van der Waals surface area contributed by atoms with Crippen LogP contribution in [0.15, 0.2) is 58.0 Å². The summed E-state index contributed by atoms with van der Waals surface area (Å²) in [5.74, 6) is 0.848. The fourth-order valence-electron chi connectivity index (χ4n) is 3.06. The van der Waals surface area contributed by atoms with Crippen LogP contribution in [0.5, 0.6) is 11.5 Å². The van der Waals surface area contributed by atoms with E-state index in [2.05, 4.69) is 22.0 Å². The van der Waals surface area contributed by atoms with E-state index in [0.717, 1.165) is 15.6 Å². The lowest BCUT2D eigenvalue weighted by Gasteiger charge is -2.14. The molecule has 0 saturated heterocycles. The number of ether oxygens (including phenoxy) is 3. The number of hydrogen-bond acceptors (Lipinski definition) is 7. The summed E-state index contributed by atoms with van der Waals surface area (Å²) in [6.07, 6.45) is 0. The summed E-state index contributed by atoms with van der Waals surface area (Å²) in [5.41, 5.74) is 3.42. The number of nitrogens with zero attached hydrogens (tertiary/aromatic N) is 2. The molecule has 2 aromatic carbocycles. The molecule has 0 fully saturated rings. The van der Waals surface area contributed by atoms with Crippen LogP contribution in [-0.4, -0.2) is 37.5 Å². The maximum atomic E-state index is 11.9. The van der Waals surface area contributed by atoms with Crippen molar-refractivity contribution in [2.75, 3.05) is 26.6 Å². The highest BCUT2D eigenvalue weighted by molar-refractivity contribution is 9.10. The van der Waals surface area contributed by atoms with Crippen LogP contribution < -0.4 is 9.47 Å². The molecule has 0 spiro atoms. The van der Waals surface area contributed by atoms with Gasteiger partial charge in [-0.1, -0.05) is 45.9 Å². The second-order valence-corrected chi connectivity index (χ2v) is 8.40. The molecule has 0 radical (unpaired) electrons. The van der Waals surface area contributed by atoms with Gasteiger partial charge in [-0.05, 0) is 42.8 Å². The largest absolute Gasteiger partial charge is 0.493 e. The van der Waals surface area contributed by atoms with E-state index >= 15 is 0 Å². The van der Waals surface area contributed by atoms with E-state index in [0.29, 0.717) is 40.0 Å². The fourth-order valence-corrected chi connectivity index (χ4v) is 4.13. The average Bonchev–Trinajstić information content (AvgIpc) is 2.82. The van der Waals surface area contributed by atoms with Crippen LogP contribution >= 0.6 is 27.7 Å². The number of carbonyl (C=O) groups is 1. The molecule has 0 unspecified atom stereocenters. The second-order valence-electron chi connectivity index (χ2n) is 6.52. The molecule has 8 heteroatoms. The van der Waals surface area contributed by atoms with E-state index in [4.69, 9.17) is 19.2 Å². The number of benzene rings is 2. The molecule has 1 aromatic heterocycles. The van der Waals surface area contributed by atoms with Crippen molar-refractivity contribution in [1.29, 1.82) is 5.26 Å². The Morgan fingerprint density at radius 1 is 1.06 bits per heavy atom. The standard InChI is InChI=1S/C24H21BrN2O4S/c1-4-31-23(28)14-32-24-19(13-26)18(16-7-10-21(29-2)22(11-16)30-3)12-20(27-24)15-5-8-17(25)9-6-15/h5-12H,4,14H2,1-3H3. The Kier molecular flexibility index (Phi) is 8.14. The number of pyridine rings is 1. The first-order valence-electron chi connectivity index (χ1n) is 9.72. The van der Waals surface area contributed by atoms with Crippen molar-refractivity contribution in [2.45, 2.75) is 11.9 Å². The van der Waals surface area contributed by atoms with E-state index in [1.165, 1.54) is 11.8 Å². The van der Waals surface area contributed by atoms with Crippen LogP contribution in [0.4, 0.5) is 0 Å². The van der Waals surface area contributed by atoms with Gasteiger partial charge in [-0.3, -0.25) is 4.79 Å². The lowest BCUT2D eigenvalue weighted by atomic mass is 9.99. The molecule has 32 heavy (non-hydrogen) atoms. The molecule has 6 nitrogen and oxygen atoms in total. The molecule has 3 rings (SSSR count). The van der Waals surface area contributed by atoms with Gasteiger partial charge in [-0.25, -0.2) is 4.98 Å². The van der Waals surface area contributed by atoms with Gasteiger partial charge < -0.3 is 14.2 Å². The van der Waals surface area contributed by atoms with Crippen molar-refractivity contribution in [3.05, 3.63) is 58.6 Å². The first-order chi connectivity index (χ1) is 15.5. The van der Waals surface area contributed by atoms with Crippen molar-refractivity contribution in [3.63, 3.8) is 0 Å². The highest BCUT2D eigenvalue weighted by Gasteiger charge is 2.18. The number of methoxy groups -OCH3 is 2. The van der Waals surface area contributed by atoms with Gasteiger partial charge in [0.1, 0.15) is 11.1 Å². The van der Waals surface area contributed by atoms with E-state index < -0.39 is 0 Å². The van der Waals surface area contributed by atoms with Crippen LogP contribution in [-0.2, 0) is 9.53 Å². The fraction of sp³-hybridized carbons (Fsp3) is 0.208. The summed E-state index contributed by atoms with van der Waals surface area (Å²) in [7, 11) is 3.13. The SMILES string of the molecule is CCOC(=O)CSc1nc(-c2ccc(Br)cc2)cc(-c2ccc(OC)c(OC)c2)c1C#N. The number of aromatic nitrogens is 1. The summed E-state index contributed by atoms with van der Waals surface area (Å²) in [6.45, 7) is 2.05. The van der Waals surface area contributed by atoms with Crippen LogP contribution in [0.25, 0.3) is 22.4 Å². The molecule has 164 valence electrons. The van der Waals surface area contributed by atoms with E-state index in [-0.39, 0.29) is 11.7 Å². The van der Waals surface area contributed by atoms with Crippen molar-refractivity contribution in [2.24, 2.45) is 0 Å². The van der Waals surface area contributed by atoms with E-state index in [1.807, 2.05) is 42.5 Å². The molecular formula is C24H21BrN2O4S. The zero-order chi connectivity index (χ0) is 23.1. The minimum absolute atomic E-state index is 0.0602. The molecular weight excluding hydrogens is 492 g/mol. The van der Waals surface area contributed by atoms with Crippen LogP contribution in [0.1, 0.15) is 12.5 Å². The van der Waals surface area contributed by atoms with Gasteiger partial charge in [0.05, 0.1) is 37.8 Å². The normalized spacial score (nSPS) is 10.3. The minimum atomic E-state index is -0.357. The Balaban J connectivity index is 2.17. The van der Waals surface area contributed by atoms with Gasteiger partial charge in [0.25, 0.3) is 0 Å². The molecule has 0 amide bonds. The van der Waals surface area contributed by atoms with Gasteiger partial charge in [-0.2, -0.15) is 5.26 Å². The Bertz CT molecular complexity index is 1160. The van der Waals surface area contributed by atoms with Gasteiger partial charge in [0, 0.05) is 15.6 Å². The summed E-state index contributed by atoms with van der Waals surface area (Å²) in [5, 5.41) is 10.4. The number of nitriles is 1. The van der Waals surface area contributed by atoms with Gasteiger partial charge in [0.15, 0.2) is 11.5 Å². The molecule has 0 aliphatic rings. The zero-order valence-electron chi connectivity index (χ0n) is 17.8. The maximum absolute atomic E-state index is 11.9. The highest BCUT2D eigenvalue weighted by atomic mass is 79.9. The van der Waals surface area contributed by atoms with Crippen molar-refractivity contribution in [3.8, 4) is 40.0 Å². The Hall–Kier alpha value is -3.02. The Labute approximate surface area is 199 Å². The lowest BCUT2D eigenvalue weighted by Crippen LogP contribution is -2.07. The van der Waals surface area contributed by atoms with Crippen molar-refractivity contribution < 1.29 is 19.0 Å². The number of esters is 1. The summed E-state index contributed by atoms with van der Waals surface area (Å²) in [4.78, 5) is 16.6. The van der Waals surface area contributed by atoms with Crippen molar-refractivity contribution in [1.82, 2.24) is 4.98 Å². The van der Waals surface area contributed by atoms with Gasteiger partial charge >= 0.3 is 5.97 Å². The molecule has 0 saturated carbocycles. The second kappa shape index (κ2) is 11.0. The lowest BCUT2D eigenvalue weighted by molar-refractivity contribution is -0.139. The Morgan fingerprint density at radius 2 is 1.75 bits per heavy atom. The van der Waals surface area contributed by atoms with Crippen LogP contribution in [0, 0.1) is 11.3 Å². The number of halogens is 1. The molecule has 0 N–H and O–H groups in total. The summed E-state index contributed by atoms with van der Waals surface area (Å²) in [6, 6.07) is 17.3. The number of carbonyl (C=O) groups excluding carboxylic acids is 1.